The molecule has 0 saturated heterocycles. The number of tetrazole rings is 1. The first-order valence-electron chi connectivity index (χ1n) is 5.12. The molecule has 0 radical (unpaired) electrons. The third-order valence-electron chi connectivity index (χ3n) is 2.52. The molecule has 0 saturated carbocycles. The van der Waals surface area contributed by atoms with Crippen molar-refractivity contribution in [1.82, 2.24) is 24.8 Å². The third-order valence-corrected chi connectivity index (χ3v) is 6.58. The van der Waals surface area contributed by atoms with Crippen molar-refractivity contribution in [2.24, 2.45) is 7.05 Å². The maximum atomic E-state index is 4.10. The van der Waals surface area contributed by atoms with E-state index in [0.717, 1.165) is 23.3 Å². The normalized spacial score (nSPS) is 11.2. The summed E-state index contributed by atoms with van der Waals surface area (Å²) in [7, 11) is 1.96. The summed E-state index contributed by atoms with van der Waals surface area (Å²) >= 11 is 12.1. The maximum Gasteiger partial charge on any atom is 0.188 e. The molecule has 3 rings (SSSR count). The van der Waals surface area contributed by atoms with Gasteiger partial charge in [-0.3, -0.25) is 0 Å². The van der Waals surface area contributed by atoms with Crippen molar-refractivity contribution in [1.29, 1.82) is 0 Å². The summed E-state index contributed by atoms with van der Waals surface area (Å²) in [4.78, 5) is 0. The van der Waals surface area contributed by atoms with E-state index >= 15 is 0 Å². The van der Waals surface area contributed by atoms with E-state index in [1.54, 1.807) is 16.0 Å². The zero-order valence-corrected chi connectivity index (χ0v) is 15.1. The lowest BCUT2D eigenvalue weighted by Crippen LogP contribution is -1.99. The fourth-order valence-electron chi connectivity index (χ4n) is 1.68. The first-order chi connectivity index (χ1) is 9.08. The summed E-state index contributed by atoms with van der Waals surface area (Å²) in [5, 5.41) is 12.0. The highest BCUT2D eigenvalue weighted by molar-refractivity contribution is 9.14. The average Bonchev–Trinajstić information content (AvgIpc) is 3.02. The quantitative estimate of drug-likeness (QED) is 0.572. The minimum atomic E-state index is 0.701. The molecule has 5 nitrogen and oxygen atoms in total. The van der Waals surface area contributed by atoms with E-state index in [1.165, 1.54) is 0 Å². The second-order valence-corrected chi connectivity index (χ2v) is 8.24. The maximum absolute atomic E-state index is 4.10. The third kappa shape index (κ3) is 2.32. The van der Waals surface area contributed by atoms with Crippen LogP contribution in [0, 0.1) is 0 Å². The number of aryl methyl sites for hydroxylation is 1. The van der Waals surface area contributed by atoms with Crippen molar-refractivity contribution in [2.75, 3.05) is 0 Å². The number of rotatable bonds is 2. The number of nitrogens with zero attached hydrogens (tertiary/aromatic N) is 5. The lowest BCUT2D eigenvalue weighted by atomic mass is 10.3. The number of hydrogen-bond donors (Lipinski definition) is 0. The molecule has 19 heavy (non-hydrogen) atoms. The van der Waals surface area contributed by atoms with Crippen LogP contribution in [0.3, 0.4) is 0 Å². The summed E-state index contributed by atoms with van der Waals surface area (Å²) in [5.41, 5.74) is 1.86. The lowest BCUT2D eigenvalue weighted by molar-refractivity contribution is 0.789. The van der Waals surface area contributed by atoms with E-state index in [1.807, 2.05) is 30.1 Å². The van der Waals surface area contributed by atoms with Gasteiger partial charge in [-0.1, -0.05) is 0 Å². The van der Waals surface area contributed by atoms with Gasteiger partial charge in [-0.25, -0.2) is 0 Å². The van der Waals surface area contributed by atoms with Crippen LogP contribution in [0.15, 0.2) is 30.5 Å². The van der Waals surface area contributed by atoms with Gasteiger partial charge in [0, 0.05) is 25.0 Å². The molecule has 0 unspecified atom stereocenters. The molecule has 98 valence electrons. The Morgan fingerprint density at radius 1 is 1.21 bits per heavy atom. The molecular weight excluding hydrogens is 462 g/mol. The van der Waals surface area contributed by atoms with Crippen LogP contribution in [0.4, 0.5) is 0 Å². The highest BCUT2D eigenvalue weighted by atomic mass is 79.9. The summed E-state index contributed by atoms with van der Waals surface area (Å²) in [6, 6.07) is 1.98. The molecule has 3 heterocycles. The number of halogens is 3. The van der Waals surface area contributed by atoms with Gasteiger partial charge in [0.25, 0.3) is 0 Å². The molecule has 0 fully saturated rings. The first-order valence-corrected chi connectivity index (χ1v) is 8.32. The molecule has 3 aromatic rings. The van der Waals surface area contributed by atoms with Gasteiger partial charge in [-0.15, -0.1) is 16.4 Å². The van der Waals surface area contributed by atoms with Crippen LogP contribution in [0.5, 0.6) is 0 Å². The largest absolute Gasteiger partial charge is 0.357 e. The highest BCUT2D eigenvalue weighted by Gasteiger charge is 2.20. The molecule has 3 aromatic heterocycles. The first kappa shape index (κ1) is 13.5. The monoisotopic (exact) mass is 465 g/mol. The topological polar surface area (TPSA) is 48.5 Å². The van der Waals surface area contributed by atoms with Crippen molar-refractivity contribution in [2.45, 2.75) is 0 Å². The van der Waals surface area contributed by atoms with E-state index in [-0.39, 0.29) is 0 Å². The Kier molecular flexibility index (Phi) is 3.63. The lowest BCUT2D eigenvalue weighted by Gasteiger charge is -2.02. The van der Waals surface area contributed by atoms with E-state index in [4.69, 9.17) is 0 Å². The van der Waals surface area contributed by atoms with Crippen LogP contribution in [0.2, 0.25) is 0 Å². The summed E-state index contributed by atoms with van der Waals surface area (Å²) in [6.07, 6.45) is 3.94. The van der Waals surface area contributed by atoms with E-state index in [9.17, 15) is 0 Å². The van der Waals surface area contributed by atoms with E-state index in [0.29, 0.717) is 5.82 Å². The zero-order valence-electron chi connectivity index (χ0n) is 9.51. The van der Waals surface area contributed by atoms with Crippen LogP contribution >= 0.6 is 59.1 Å². The molecule has 0 atom stereocenters. The Bertz CT molecular complexity index is 744. The molecule has 0 bridgehead atoms. The molecule has 0 aliphatic heterocycles. The van der Waals surface area contributed by atoms with Crippen molar-refractivity contribution in [3.8, 4) is 17.1 Å². The van der Waals surface area contributed by atoms with Gasteiger partial charge >= 0.3 is 0 Å². The number of aromatic nitrogens is 5. The minimum absolute atomic E-state index is 0.701. The van der Waals surface area contributed by atoms with Crippen molar-refractivity contribution in [3.63, 3.8) is 0 Å². The molecular formula is C10H6Br3N5S. The van der Waals surface area contributed by atoms with Gasteiger partial charge in [0.1, 0.15) is 5.69 Å². The Morgan fingerprint density at radius 2 is 2.00 bits per heavy atom. The summed E-state index contributed by atoms with van der Waals surface area (Å²) in [6.45, 7) is 0. The molecule has 9 heteroatoms. The van der Waals surface area contributed by atoms with E-state index < -0.39 is 0 Å². The molecule has 0 spiro atoms. The fourth-order valence-corrected chi connectivity index (χ4v) is 5.49. The number of thiophene rings is 1. The molecule has 0 N–H and O–H groups in total. The van der Waals surface area contributed by atoms with Crippen LogP contribution in [0.25, 0.3) is 17.1 Å². The minimum Gasteiger partial charge on any atom is -0.357 e. The molecule has 0 amide bonds. The summed E-state index contributed by atoms with van der Waals surface area (Å²) < 4.78 is 6.54. The predicted molar refractivity (Wildman–Crippen MR) is 84.5 cm³/mol. The highest BCUT2D eigenvalue weighted by Crippen LogP contribution is 2.43. The van der Waals surface area contributed by atoms with Crippen molar-refractivity contribution in [3.05, 3.63) is 30.5 Å². The van der Waals surface area contributed by atoms with Gasteiger partial charge in [0.2, 0.25) is 0 Å². The molecule has 0 aliphatic rings. The molecule has 0 aromatic carbocycles. The standard InChI is InChI=1S/C10H6Br3N5S/c1-17-3-2-5(4-17)10-14-15-16-18(10)7-6(11)8(12)19-9(7)13/h2-4H,1H3. The van der Waals surface area contributed by atoms with Crippen LogP contribution in [-0.4, -0.2) is 24.8 Å². The second kappa shape index (κ2) is 5.12. The van der Waals surface area contributed by atoms with Crippen LogP contribution < -0.4 is 0 Å². The van der Waals surface area contributed by atoms with Crippen molar-refractivity contribution < 1.29 is 0 Å². The van der Waals surface area contributed by atoms with E-state index in [2.05, 4.69) is 63.3 Å². The van der Waals surface area contributed by atoms with Crippen LogP contribution in [0.1, 0.15) is 0 Å². The summed E-state index contributed by atoms with van der Waals surface area (Å²) in [5.74, 6) is 0.701. The van der Waals surface area contributed by atoms with Gasteiger partial charge < -0.3 is 4.57 Å². The smallest absolute Gasteiger partial charge is 0.188 e. The zero-order chi connectivity index (χ0) is 13.6. The Balaban J connectivity index is 2.20. The van der Waals surface area contributed by atoms with Crippen LogP contribution in [-0.2, 0) is 7.05 Å². The number of hydrogen-bond acceptors (Lipinski definition) is 4. The van der Waals surface area contributed by atoms with Gasteiger partial charge in [-0.05, 0) is 64.3 Å². The van der Waals surface area contributed by atoms with Gasteiger partial charge in [0.15, 0.2) is 5.82 Å². The Morgan fingerprint density at radius 3 is 2.58 bits per heavy atom. The molecule has 0 aliphatic carbocycles. The predicted octanol–water partition coefficient (Wildman–Crippen LogP) is 4.02. The average molecular weight is 468 g/mol. The van der Waals surface area contributed by atoms with Gasteiger partial charge in [0.05, 0.1) is 12.0 Å². The SMILES string of the molecule is Cn1ccc(-c2nnnn2-c2c(Br)sc(Br)c2Br)c1. The Hall–Kier alpha value is -0.510. The second-order valence-electron chi connectivity index (χ2n) is 3.79. The Labute approximate surface area is 138 Å². The fraction of sp³-hybridized carbons (Fsp3) is 0.100. The van der Waals surface area contributed by atoms with Gasteiger partial charge in [-0.2, -0.15) is 4.68 Å². The van der Waals surface area contributed by atoms with Crippen molar-refractivity contribution >= 4 is 59.1 Å².